The molecule has 5 nitrogen and oxygen atoms in total. The van der Waals surface area contributed by atoms with Crippen LogP contribution in [0.2, 0.25) is 0 Å². The molecule has 1 rings (SSSR count). The van der Waals surface area contributed by atoms with Crippen LogP contribution in [0.15, 0.2) is 18.2 Å². The predicted molar refractivity (Wildman–Crippen MR) is 77.4 cm³/mol. The van der Waals surface area contributed by atoms with Gasteiger partial charge in [0, 0.05) is 13.0 Å². The summed E-state index contributed by atoms with van der Waals surface area (Å²) < 4.78 is 34.4. The molecular weight excluding hydrogens is 296 g/mol. The van der Waals surface area contributed by atoms with E-state index in [1.54, 1.807) is 19.1 Å². The zero-order valence-electron chi connectivity index (χ0n) is 12.7. The van der Waals surface area contributed by atoms with Gasteiger partial charge in [-0.3, -0.25) is 4.79 Å². The fraction of sp³-hybridized carbons (Fsp3) is 0.533. The fourth-order valence-corrected chi connectivity index (χ4v) is 2.00. The van der Waals surface area contributed by atoms with E-state index in [-0.39, 0.29) is 17.9 Å². The molecule has 1 aromatic rings. The minimum absolute atomic E-state index is 0.00845. The van der Waals surface area contributed by atoms with E-state index in [9.17, 15) is 13.6 Å². The van der Waals surface area contributed by atoms with Gasteiger partial charge in [-0.05, 0) is 44.6 Å². The third-order valence-electron chi connectivity index (χ3n) is 2.91. The van der Waals surface area contributed by atoms with Crippen LogP contribution in [0.3, 0.4) is 0 Å². The molecule has 7 heteroatoms. The first-order valence-electron chi connectivity index (χ1n) is 7.03. The van der Waals surface area contributed by atoms with Gasteiger partial charge in [0.25, 0.3) is 0 Å². The molecule has 22 heavy (non-hydrogen) atoms. The molecule has 0 bridgehead atoms. The molecule has 0 saturated carbocycles. The van der Waals surface area contributed by atoms with Crippen molar-refractivity contribution in [1.29, 1.82) is 0 Å². The number of nitrogens with zero attached hydrogens (tertiary/aromatic N) is 1. The Morgan fingerprint density at radius 3 is 2.68 bits per heavy atom. The summed E-state index contributed by atoms with van der Waals surface area (Å²) in [5, 5.41) is 8.60. The quantitative estimate of drug-likeness (QED) is 0.719. The summed E-state index contributed by atoms with van der Waals surface area (Å²) in [5.41, 5.74) is 0.878. The zero-order valence-corrected chi connectivity index (χ0v) is 12.7. The molecule has 0 amide bonds. The number of carboxylic acids is 1. The van der Waals surface area contributed by atoms with Crippen molar-refractivity contribution in [2.24, 2.45) is 0 Å². The summed E-state index contributed by atoms with van der Waals surface area (Å²) in [6, 6.07) is 4.81. The number of alkyl halides is 2. The molecule has 1 N–H and O–H groups in total. The molecular formula is C15H21F2NO4. The van der Waals surface area contributed by atoms with Gasteiger partial charge in [-0.2, -0.15) is 8.78 Å². The summed E-state index contributed by atoms with van der Waals surface area (Å²) in [6.07, 6.45) is 0.673. The molecule has 0 aliphatic carbocycles. The van der Waals surface area contributed by atoms with E-state index in [1.807, 2.05) is 11.9 Å². The van der Waals surface area contributed by atoms with Crippen LogP contribution >= 0.6 is 0 Å². The maximum atomic E-state index is 12.3. The fourth-order valence-electron chi connectivity index (χ4n) is 2.00. The number of ether oxygens (including phenoxy) is 2. The summed E-state index contributed by atoms with van der Waals surface area (Å²) in [7, 11) is 1.87. The average Bonchev–Trinajstić information content (AvgIpc) is 2.41. The molecule has 0 fully saturated rings. The van der Waals surface area contributed by atoms with Crippen molar-refractivity contribution in [3.8, 4) is 11.5 Å². The Kier molecular flexibility index (Phi) is 7.59. The van der Waals surface area contributed by atoms with Gasteiger partial charge < -0.3 is 19.5 Å². The van der Waals surface area contributed by atoms with E-state index >= 15 is 0 Å². The molecule has 0 aliphatic heterocycles. The molecule has 124 valence electrons. The molecule has 0 unspecified atom stereocenters. The summed E-state index contributed by atoms with van der Waals surface area (Å²) in [5.74, 6) is -0.533. The van der Waals surface area contributed by atoms with Gasteiger partial charge in [-0.25, -0.2) is 0 Å². The Morgan fingerprint density at radius 1 is 1.36 bits per heavy atom. The second kappa shape index (κ2) is 9.19. The summed E-state index contributed by atoms with van der Waals surface area (Å²) in [6.45, 7) is 0.401. The van der Waals surface area contributed by atoms with Crippen LogP contribution in [-0.4, -0.2) is 42.8 Å². The number of halogens is 2. The van der Waals surface area contributed by atoms with Crippen molar-refractivity contribution in [2.75, 3.05) is 20.2 Å². The Bertz CT molecular complexity index is 483. The van der Waals surface area contributed by atoms with Gasteiger partial charge in [0.15, 0.2) is 11.5 Å². The topological polar surface area (TPSA) is 59.0 Å². The predicted octanol–water partition coefficient (Wildman–Crippen LogP) is 2.98. The van der Waals surface area contributed by atoms with Crippen molar-refractivity contribution in [3.63, 3.8) is 0 Å². The second-order valence-electron chi connectivity index (χ2n) is 4.83. The smallest absolute Gasteiger partial charge is 0.387 e. The number of aliphatic carboxylic acids is 1. The first kappa shape index (κ1) is 18.2. The first-order chi connectivity index (χ1) is 10.4. The minimum Gasteiger partial charge on any atom is -0.490 e. The number of carboxylic acid groups (broad SMARTS) is 1. The van der Waals surface area contributed by atoms with Crippen LogP contribution in [0.1, 0.15) is 25.3 Å². The van der Waals surface area contributed by atoms with E-state index in [4.69, 9.17) is 9.84 Å². The van der Waals surface area contributed by atoms with Gasteiger partial charge in [-0.15, -0.1) is 0 Å². The van der Waals surface area contributed by atoms with E-state index in [0.29, 0.717) is 26.1 Å². The number of rotatable bonds is 10. The monoisotopic (exact) mass is 317 g/mol. The highest BCUT2D eigenvalue weighted by Gasteiger charge is 2.12. The Hall–Kier alpha value is -1.89. The SMILES string of the molecule is CCOc1cc(CN(C)CCCC(=O)O)ccc1OC(F)F. The van der Waals surface area contributed by atoms with E-state index < -0.39 is 12.6 Å². The Morgan fingerprint density at radius 2 is 2.09 bits per heavy atom. The van der Waals surface area contributed by atoms with Crippen LogP contribution in [-0.2, 0) is 11.3 Å². The minimum atomic E-state index is -2.90. The van der Waals surface area contributed by atoms with Crippen LogP contribution in [0.4, 0.5) is 8.78 Å². The van der Waals surface area contributed by atoms with E-state index in [1.165, 1.54) is 6.07 Å². The van der Waals surface area contributed by atoms with Crippen molar-refractivity contribution in [1.82, 2.24) is 4.90 Å². The van der Waals surface area contributed by atoms with Crippen LogP contribution in [0, 0.1) is 0 Å². The highest BCUT2D eigenvalue weighted by atomic mass is 19.3. The van der Waals surface area contributed by atoms with Crippen molar-refractivity contribution in [3.05, 3.63) is 23.8 Å². The summed E-state index contributed by atoms with van der Waals surface area (Å²) in [4.78, 5) is 12.4. The van der Waals surface area contributed by atoms with Gasteiger partial charge in [0.2, 0.25) is 0 Å². The highest BCUT2D eigenvalue weighted by Crippen LogP contribution is 2.30. The second-order valence-corrected chi connectivity index (χ2v) is 4.83. The molecule has 0 aromatic heterocycles. The van der Waals surface area contributed by atoms with Crippen LogP contribution in [0.5, 0.6) is 11.5 Å². The number of hydrogen-bond acceptors (Lipinski definition) is 4. The molecule has 1 aromatic carbocycles. The third kappa shape index (κ3) is 6.71. The lowest BCUT2D eigenvalue weighted by atomic mass is 10.2. The molecule has 0 atom stereocenters. The van der Waals surface area contributed by atoms with Crippen molar-refractivity contribution < 1.29 is 28.2 Å². The van der Waals surface area contributed by atoms with Gasteiger partial charge in [0.05, 0.1) is 6.61 Å². The Labute approximate surface area is 128 Å². The Balaban J connectivity index is 2.66. The average molecular weight is 317 g/mol. The lowest BCUT2D eigenvalue weighted by Crippen LogP contribution is -2.20. The maximum absolute atomic E-state index is 12.3. The van der Waals surface area contributed by atoms with E-state index in [0.717, 1.165) is 5.56 Å². The number of hydrogen-bond donors (Lipinski definition) is 1. The van der Waals surface area contributed by atoms with Gasteiger partial charge in [0.1, 0.15) is 0 Å². The lowest BCUT2D eigenvalue weighted by Gasteiger charge is -2.18. The van der Waals surface area contributed by atoms with Crippen LogP contribution < -0.4 is 9.47 Å². The van der Waals surface area contributed by atoms with Crippen molar-refractivity contribution >= 4 is 5.97 Å². The van der Waals surface area contributed by atoms with Gasteiger partial charge in [-0.1, -0.05) is 6.07 Å². The number of benzene rings is 1. The van der Waals surface area contributed by atoms with Crippen LogP contribution in [0.25, 0.3) is 0 Å². The molecule has 0 spiro atoms. The molecule has 0 saturated heterocycles. The van der Waals surface area contributed by atoms with Gasteiger partial charge >= 0.3 is 12.6 Å². The molecule has 0 aliphatic rings. The normalized spacial score (nSPS) is 11.0. The summed E-state index contributed by atoms with van der Waals surface area (Å²) >= 11 is 0. The van der Waals surface area contributed by atoms with E-state index in [2.05, 4.69) is 4.74 Å². The maximum Gasteiger partial charge on any atom is 0.387 e. The largest absolute Gasteiger partial charge is 0.490 e. The zero-order chi connectivity index (χ0) is 16.5. The standard InChI is InChI=1S/C15H21F2NO4/c1-3-21-13-9-11(6-7-12(13)22-15(16)17)10-18(2)8-4-5-14(19)20/h6-7,9,15H,3-5,8,10H2,1-2H3,(H,19,20). The first-order valence-corrected chi connectivity index (χ1v) is 7.03. The highest BCUT2D eigenvalue weighted by molar-refractivity contribution is 5.66. The third-order valence-corrected chi connectivity index (χ3v) is 2.91. The molecule has 0 radical (unpaired) electrons. The van der Waals surface area contributed by atoms with Crippen molar-refractivity contribution in [2.45, 2.75) is 32.9 Å². The lowest BCUT2D eigenvalue weighted by molar-refractivity contribution is -0.137. The number of carbonyl (C=O) groups is 1. The molecule has 0 heterocycles.